The molecule has 72 valence electrons. The minimum Gasteiger partial charge on any atom is -0.324 e. The molecule has 0 amide bonds. The quantitative estimate of drug-likeness (QED) is 0.596. The van der Waals surface area contributed by atoms with Crippen LogP contribution in [0.15, 0.2) is 0 Å². The highest BCUT2D eigenvalue weighted by Gasteiger charge is 2.40. The maximum Gasteiger partial charge on any atom is 0.0293 e. The Morgan fingerprint density at radius 2 is 1.92 bits per heavy atom. The molecular weight excluding hydrogens is 148 g/mol. The first-order valence-corrected chi connectivity index (χ1v) is 4.77. The molecule has 1 aliphatic heterocycles. The smallest absolute Gasteiger partial charge is 0.0293 e. The Morgan fingerprint density at radius 1 is 1.42 bits per heavy atom. The van der Waals surface area contributed by atoms with E-state index in [9.17, 15) is 0 Å². The molecule has 0 aromatic rings. The number of likely N-dealkylation sites (tertiary alicyclic amines) is 1. The molecule has 1 aliphatic rings. The Bertz CT molecular complexity index is 167. The second-order valence-electron chi connectivity index (χ2n) is 5.46. The molecule has 1 rings (SSSR count). The molecule has 0 unspecified atom stereocenters. The lowest BCUT2D eigenvalue weighted by Gasteiger charge is -2.32. The summed E-state index contributed by atoms with van der Waals surface area (Å²) in [6.45, 7) is 13.3. The molecule has 1 fully saturated rings. The first kappa shape index (κ1) is 10.0. The van der Waals surface area contributed by atoms with Gasteiger partial charge in [0, 0.05) is 24.2 Å². The van der Waals surface area contributed by atoms with Crippen LogP contribution in [0.5, 0.6) is 0 Å². The summed E-state index contributed by atoms with van der Waals surface area (Å²) in [6, 6.07) is 0. The highest BCUT2D eigenvalue weighted by atomic mass is 15.2. The molecule has 1 heterocycles. The van der Waals surface area contributed by atoms with Gasteiger partial charge in [0.2, 0.25) is 0 Å². The topological polar surface area (TPSA) is 29.3 Å². The van der Waals surface area contributed by atoms with Crippen LogP contribution in [0.2, 0.25) is 0 Å². The molecule has 12 heavy (non-hydrogen) atoms. The SMILES string of the molecule is C[C@H]1CN(C(C)(C)C)C[C@]1(C)N. The van der Waals surface area contributed by atoms with E-state index in [1.807, 2.05) is 0 Å². The van der Waals surface area contributed by atoms with Crippen LogP contribution in [0, 0.1) is 5.92 Å². The van der Waals surface area contributed by atoms with E-state index in [2.05, 4.69) is 39.5 Å². The molecule has 0 spiro atoms. The predicted octanol–water partition coefficient (Wildman–Crippen LogP) is 1.45. The largest absolute Gasteiger partial charge is 0.324 e. The van der Waals surface area contributed by atoms with Crippen molar-refractivity contribution in [2.24, 2.45) is 11.7 Å². The van der Waals surface area contributed by atoms with Gasteiger partial charge in [-0.25, -0.2) is 0 Å². The van der Waals surface area contributed by atoms with Gasteiger partial charge in [-0.3, -0.25) is 4.90 Å². The molecule has 0 aliphatic carbocycles. The van der Waals surface area contributed by atoms with Gasteiger partial charge < -0.3 is 5.73 Å². The van der Waals surface area contributed by atoms with E-state index in [0.29, 0.717) is 5.92 Å². The van der Waals surface area contributed by atoms with Crippen LogP contribution in [-0.4, -0.2) is 29.1 Å². The van der Waals surface area contributed by atoms with Crippen molar-refractivity contribution in [1.29, 1.82) is 0 Å². The van der Waals surface area contributed by atoms with Crippen LogP contribution in [0.25, 0.3) is 0 Å². The van der Waals surface area contributed by atoms with E-state index in [4.69, 9.17) is 5.73 Å². The summed E-state index contributed by atoms with van der Waals surface area (Å²) in [4.78, 5) is 2.47. The zero-order chi connectivity index (χ0) is 9.57. The number of rotatable bonds is 0. The number of nitrogens with zero attached hydrogens (tertiary/aromatic N) is 1. The van der Waals surface area contributed by atoms with Crippen molar-refractivity contribution in [3.8, 4) is 0 Å². The Morgan fingerprint density at radius 3 is 2.08 bits per heavy atom. The van der Waals surface area contributed by atoms with E-state index in [1.165, 1.54) is 0 Å². The fourth-order valence-electron chi connectivity index (χ4n) is 1.68. The summed E-state index contributed by atoms with van der Waals surface area (Å²) < 4.78 is 0. The Hall–Kier alpha value is -0.0800. The van der Waals surface area contributed by atoms with Crippen molar-refractivity contribution in [1.82, 2.24) is 4.90 Å². The zero-order valence-electron chi connectivity index (χ0n) is 9.02. The third kappa shape index (κ3) is 1.80. The molecule has 0 aromatic carbocycles. The lowest BCUT2D eigenvalue weighted by atomic mass is 9.92. The third-order valence-corrected chi connectivity index (χ3v) is 3.10. The van der Waals surface area contributed by atoms with Gasteiger partial charge >= 0.3 is 0 Å². The monoisotopic (exact) mass is 170 g/mol. The number of nitrogens with two attached hydrogens (primary N) is 1. The minimum absolute atomic E-state index is 0.00722. The fraction of sp³-hybridized carbons (Fsp3) is 1.00. The molecule has 0 radical (unpaired) electrons. The molecule has 1 saturated heterocycles. The predicted molar refractivity (Wildman–Crippen MR) is 53.1 cm³/mol. The Labute approximate surface area is 76.1 Å². The number of hydrogen-bond donors (Lipinski definition) is 1. The summed E-state index contributed by atoms with van der Waals surface area (Å²) in [5.41, 5.74) is 6.44. The molecule has 2 N–H and O–H groups in total. The van der Waals surface area contributed by atoms with Gasteiger partial charge in [0.25, 0.3) is 0 Å². The van der Waals surface area contributed by atoms with Crippen molar-refractivity contribution in [3.63, 3.8) is 0 Å². The second kappa shape index (κ2) is 2.71. The first-order chi connectivity index (χ1) is 5.23. The molecule has 2 atom stereocenters. The van der Waals surface area contributed by atoms with E-state index in [1.54, 1.807) is 0 Å². The normalized spacial score (nSPS) is 39.0. The van der Waals surface area contributed by atoms with Crippen LogP contribution in [0.4, 0.5) is 0 Å². The average molecular weight is 170 g/mol. The summed E-state index contributed by atoms with van der Waals surface area (Å²) in [5.74, 6) is 0.608. The van der Waals surface area contributed by atoms with Crippen molar-refractivity contribution in [2.45, 2.75) is 45.7 Å². The maximum atomic E-state index is 6.17. The summed E-state index contributed by atoms with van der Waals surface area (Å²) >= 11 is 0. The minimum atomic E-state index is 0.00722. The van der Waals surface area contributed by atoms with E-state index < -0.39 is 0 Å². The van der Waals surface area contributed by atoms with Crippen LogP contribution < -0.4 is 5.73 Å². The molecule has 2 heteroatoms. The van der Waals surface area contributed by atoms with Crippen LogP contribution in [-0.2, 0) is 0 Å². The molecule has 0 bridgehead atoms. The molecule has 0 aromatic heterocycles. The third-order valence-electron chi connectivity index (χ3n) is 3.10. The first-order valence-electron chi connectivity index (χ1n) is 4.77. The summed E-state index contributed by atoms with van der Waals surface area (Å²) in [7, 11) is 0. The van der Waals surface area contributed by atoms with Gasteiger partial charge in [0.05, 0.1) is 0 Å². The van der Waals surface area contributed by atoms with Gasteiger partial charge in [0.1, 0.15) is 0 Å². The zero-order valence-corrected chi connectivity index (χ0v) is 9.02. The van der Waals surface area contributed by atoms with E-state index in [0.717, 1.165) is 13.1 Å². The van der Waals surface area contributed by atoms with Gasteiger partial charge in [-0.05, 0) is 33.6 Å². The molecular formula is C10H22N2. The highest BCUT2D eigenvalue weighted by Crippen LogP contribution is 2.29. The van der Waals surface area contributed by atoms with Crippen molar-refractivity contribution >= 4 is 0 Å². The highest BCUT2D eigenvalue weighted by molar-refractivity contribution is 4.99. The van der Waals surface area contributed by atoms with Gasteiger partial charge in [0.15, 0.2) is 0 Å². The summed E-state index contributed by atoms with van der Waals surface area (Å²) in [6.07, 6.45) is 0. The molecule has 2 nitrogen and oxygen atoms in total. The van der Waals surface area contributed by atoms with Gasteiger partial charge in [-0.2, -0.15) is 0 Å². The van der Waals surface area contributed by atoms with Crippen LogP contribution >= 0.6 is 0 Å². The fourth-order valence-corrected chi connectivity index (χ4v) is 1.68. The van der Waals surface area contributed by atoms with Gasteiger partial charge in [-0.15, -0.1) is 0 Å². The molecule has 0 saturated carbocycles. The van der Waals surface area contributed by atoms with Crippen molar-refractivity contribution in [3.05, 3.63) is 0 Å². The van der Waals surface area contributed by atoms with Crippen molar-refractivity contribution < 1.29 is 0 Å². The van der Waals surface area contributed by atoms with Crippen molar-refractivity contribution in [2.75, 3.05) is 13.1 Å². The van der Waals surface area contributed by atoms with Gasteiger partial charge in [-0.1, -0.05) is 6.92 Å². The average Bonchev–Trinajstić information content (AvgIpc) is 2.06. The van der Waals surface area contributed by atoms with Crippen LogP contribution in [0.1, 0.15) is 34.6 Å². The lowest BCUT2D eigenvalue weighted by Crippen LogP contribution is -2.46. The Balaban J connectivity index is 2.67. The second-order valence-corrected chi connectivity index (χ2v) is 5.46. The standard InChI is InChI=1S/C10H22N2/c1-8-6-12(9(2,3)4)7-10(8,5)11/h8H,6-7,11H2,1-5H3/t8-,10-/m0/s1. The van der Waals surface area contributed by atoms with E-state index >= 15 is 0 Å². The van der Waals surface area contributed by atoms with E-state index in [-0.39, 0.29) is 11.1 Å². The lowest BCUT2D eigenvalue weighted by molar-refractivity contribution is 0.164. The summed E-state index contributed by atoms with van der Waals surface area (Å²) in [5, 5.41) is 0. The number of hydrogen-bond acceptors (Lipinski definition) is 2. The maximum absolute atomic E-state index is 6.17. The Kier molecular flexibility index (Phi) is 2.26. The van der Waals surface area contributed by atoms with Crippen LogP contribution in [0.3, 0.4) is 0 Å².